The Hall–Kier alpha value is -0.930. The maximum atomic E-state index is 13.3. The molecule has 0 saturated heterocycles. The van der Waals surface area contributed by atoms with Crippen LogP contribution in [0.5, 0.6) is 0 Å². The fourth-order valence-electron chi connectivity index (χ4n) is 2.05. The highest BCUT2D eigenvalue weighted by Gasteiger charge is 2.11. The number of benzene rings is 1. The molecule has 0 radical (unpaired) electrons. The molecule has 0 bridgehead atoms. The highest BCUT2D eigenvalue weighted by molar-refractivity contribution is 5.21. The quantitative estimate of drug-likeness (QED) is 0.682. The fourth-order valence-corrected chi connectivity index (χ4v) is 2.05. The standard InChI is InChI=1S/C15H24FNO/c1-3-4-6-14(12-17-9-10-18-2)13-7-5-8-15(16)11-13/h5,7-8,11,14,17H,3-4,6,9-10,12H2,1-2H3. The molecule has 0 aliphatic rings. The molecule has 0 amide bonds. The molecule has 102 valence electrons. The zero-order valence-electron chi connectivity index (χ0n) is 11.4. The molecular formula is C15H24FNO. The molecular weight excluding hydrogens is 229 g/mol. The van der Waals surface area contributed by atoms with Crippen LogP contribution in [0.3, 0.4) is 0 Å². The minimum absolute atomic E-state index is 0.147. The van der Waals surface area contributed by atoms with Gasteiger partial charge in [-0.2, -0.15) is 0 Å². The van der Waals surface area contributed by atoms with Crippen molar-refractivity contribution in [3.05, 3.63) is 35.6 Å². The van der Waals surface area contributed by atoms with Crippen LogP contribution in [0.25, 0.3) is 0 Å². The van der Waals surface area contributed by atoms with Crippen molar-refractivity contribution in [3.63, 3.8) is 0 Å². The first-order chi connectivity index (χ1) is 8.77. The third kappa shape index (κ3) is 5.61. The Kier molecular flexibility index (Phi) is 7.62. The monoisotopic (exact) mass is 253 g/mol. The average molecular weight is 253 g/mol. The van der Waals surface area contributed by atoms with Gasteiger partial charge in [-0.1, -0.05) is 31.9 Å². The number of halogens is 1. The van der Waals surface area contributed by atoms with Crippen LogP contribution >= 0.6 is 0 Å². The fraction of sp³-hybridized carbons (Fsp3) is 0.600. The minimum atomic E-state index is -0.147. The van der Waals surface area contributed by atoms with E-state index in [1.165, 1.54) is 18.9 Å². The van der Waals surface area contributed by atoms with Gasteiger partial charge in [0.25, 0.3) is 0 Å². The molecule has 1 aromatic carbocycles. The van der Waals surface area contributed by atoms with E-state index in [2.05, 4.69) is 12.2 Å². The van der Waals surface area contributed by atoms with E-state index < -0.39 is 0 Å². The van der Waals surface area contributed by atoms with Gasteiger partial charge in [-0.15, -0.1) is 0 Å². The van der Waals surface area contributed by atoms with Gasteiger partial charge in [-0.25, -0.2) is 4.39 Å². The summed E-state index contributed by atoms with van der Waals surface area (Å²) in [7, 11) is 1.70. The number of nitrogens with one attached hydrogen (secondary N) is 1. The Bertz CT molecular complexity index is 330. The van der Waals surface area contributed by atoms with Gasteiger partial charge in [0.1, 0.15) is 5.82 Å². The summed E-state index contributed by atoms with van der Waals surface area (Å²) >= 11 is 0. The van der Waals surface area contributed by atoms with Gasteiger partial charge in [0.2, 0.25) is 0 Å². The van der Waals surface area contributed by atoms with Crippen LogP contribution < -0.4 is 5.32 Å². The van der Waals surface area contributed by atoms with E-state index in [9.17, 15) is 4.39 Å². The molecule has 0 fully saturated rings. The number of rotatable bonds is 9. The second-order valence-electron chi connectivity index (χ2n) is 4.59. The molecule has 0 aliphatic carbocycles. The normalized spacial score (nSPS) is 12.6. The van der Waals surface area contributed by atoms with Crippen molar-refractivity contribution in [2.75, 3.05) is 26.8 Å². The maximum absolute atomic E-state index is 13.3. The van der Waals surface area contributed by atoms with Gasteiger partial charge >= 0.3 is 0 Å². The second-order valence-corrected chi connectivity index (χ2v) is 4.59. The summed E-state index contributed by atoms with van der Waals surface area (Å²) in [6.45, 7) is 4.62. The molecule has 1 N–H and O–H groups in total. The zero-order valence-corrected chi connectivity index (χ0v) is 11.4. The smallest absolute Gasteiger partial charge is 0.123 e. The summed E-state index contributed by atoms with van der Waals surface area (Å²) in [6.07, 6.45) is 3.44. The predicted octanol–water partition coefficient (Wildman–Crippen LogP) is 3.34. The van der Waals surface area contributed by atoms with E-state index in [1.807, 2.05) is 6.07 Å². The summed E-state index contributed by atoms with van der Waals surface area (Å²) in [4.78, 5) is 0. The molecule has 2 nitrogen and oxygen atoms in total. The summed E-state index contributed by atoms with van der Waals surface area (Å²) in [6, 6.07) is 6.96. The maximum Gasteiger partial charge on any atom is 0.123 e. The van der Waals surface area contributed by atoms with Crippen molar-refractivity contribution in [3.8, 4) is 0 Å². The van der Waals surface area contributed by atoms with Crippen molar-refractivity contribution in [2.24, 2.45) is 0 Å². The molecule has 0 spiro atoms. The van der Waals surface area contributed by atoms with Crippen LogP contribution in [0.2, 0.25) is 0 Å². The van der Waals surface area contributed by atoms with Gasteiger partial charge in [0, 0.05) is 20.2 Å². The highest BCUT2D eigenvalue weighted by atomic mass is 19.1. The van der Waals surface area contributed by atoms with E-state index in [1.54, 1.807) is 19.2 Å². The Labute approximate surface area is 110 Å². The molecule has 3 heteroatoms. The van der Waals surface area contributed by atoms with Crippen molar-refractivity contribution in [1.82, 2.24) is 5.32 Å². The van der Waals surface area contributed by atoms with Crippen LogP contribution in [0.4, 0.5) is 4.39 Å². The molecule has 0 aromatic heterocycles. The lowest BCUT2D eigenvalue weighted by Gasteiger charge is -2.18. The topological polar surface area (TPSA) is 21.3 Å². The molecule has 1 aromatic rings. The van der Waals surface area contributed by atoms with Crippen molar-refractivity contribution in [2.45, 2.75) is 32.1 Å². The molecule has 0 aliphatic heterocycles. The Morgan fingerprint density at radius 3 is 2.89 bits per heavy atom. The summed E-state index contributed by atoms with van der Waals surface area (Å²) < 4.78 is 18.3. The van der Waals surface area contributed by atoms with E-state index >= 15 is 0 Å². The number of methoxy groups -OCH3 is 1. The van der Waals surface area contributed by atoms with Gasteiger partial charge in [0.15, 0.2) is 0 Å². The van der Waals surface area contributed by atoms with Gasteiger partial charge in [-0.05, 0) is 30.0 Å². The van der Waals surface area contributed by atoms with Gasteiger partial charge in [0.05, 0.1) is 6.61 Å². The van der Waals surface area contributed by atoms with Crippen LogP contribution in [0.15, 0.2) is 24.3 Å². The Morgan fingerprint density at radius 2 is 2.22 bits per heavy atom. The van der Waals surface area contributed by atoms with E-state index in [4.69, 9.17) is 4.74 Å². The van der Waals surface area contributed by atoms with Crippen LogP contribution in [-0.4, -0.2) is 26.8 Å². The van der Waals surface area contributed by atoms with E-state index in [0.29, 0.717) is 12.5 Å². The lowest BCUT2D eigenvalue weighted by Crippen LogP contribution is -2.25. The third-order valence-corrected chi connectivity index (χ3v) is 3.10. The highest BCUT2D eigenvalue weighted by Crippen LogP contribution is 2.22. The second kappa shape index (κ2) is 9.06. The minimum Gasteiger partial charge on any atom is -0.383 e. The zero-order chi connectivity index (χ0) is 13.2. The van der Waals surface area contributed by atoms with Gasteiger partial charge < -0.3 is 10.1 Å². The van der Waals surface area contributed by atoms with Crippen LogP contribution in [0.1, 0.15) is 37.7 Å². The average Bonchev–Trinajstić information content (AvgIpc) is 2.38. The third-order valence-electron chi connectivity index (χ3n) is 3.10. The Morgan fingerprint density at radius 1 is 1.39 bits per heavy atom. The van der Waals surface area contributed by atoms with E-state index in [-0.39, 0.29) is 5.82 Å². The lowest BCUT2D eigenvalue weighted by atomic mass is 9.93. The van der Waals surface area contributed by atoms with Crippen LogP contribution in [-0.2, 0) is 4.74 Å². The molecule has 1 atom stereocenters. The number of hydrogen-bond donors (Lipinski definition) is 1. The number of unbranched alkanes of at least 4 members (excludes halogenated alkanes) is 1. The first kappa shape index (κ1) is 15.1. The van der Waals surface area contributed by atoms with Gasteiger partial charge in [-0.3, -0.25) is 0 Å². The van der Waals surface area contributed by atoms with Crippen molar-refractivity contribution >= 4 is 0 Å². The SMILES string of the molecule is CCCCC(CNCCOC)c1cccc(F)c1. The van der Waals surface area contributed by atoms with Crippen molar-refractivity contribution < 1.29 is 9.13 Å². The molecule has 0 saturated carbocycles. The number of hydrogen-bond acceptors (Lipinski definition) is 2. The first-order valence-corrected chi connectivity index (χ1v) is 6.73. The molecule has 0 heterocycles. The van der Waals surface area contributed by atoms with Crippen LogP contribution in [0, 0.1) is 5.82 Å². The largest absolute Gasteiger partial charge is 0.383 e. The Balaban J connectivity index is 2.54. The van der Waals surface area contributed by atoms with E-state index in [0.717, 1.165) is 25.1 Å². The summed E-state index contributed by atoms with van der Waals surface area (Å²) in [5.74, 6) is 0.239. The molecule has 1 rings (SSSR count). The predicted molar refractivity (Wildman–Crippen MR) is 73.4 cm³/mol. The van der Waals surface area contributed by atoms with Crippen molar-refractivity contribution in [1.29, 1.82) is 0 Å². The molecule has 18 heavy (non-hydrogen) atoms. The first-order valence-electron chi connectivity index (χ1n) is 6.73. The lowest BCUT2D eigenvalue weighted by molar-refractivity contribution is 0.198. The number of ether oxygens (including phenoxy) is 1. The molecule has 1 unspecified atom stereocenters. The summed E-state index contributed by atoms with van der Waals surface area (Å²) in [5, 5.41) is 3.37. The summed E-state index contributed by atoms with van der Waals surface area (Å²) in [5.41, 5.74) is 1.09.